The number of hydrogen-bond donors (Lipinski definition) is 1. The summed E-state index contributed by atoms with van der Waals surface area (Å²) in [6, 6.07) is 11.1. The minimum Gasteiger partial charge on any atom is -0.352 e. The van der Waals surface area contributed by atoms with E-state index in [0.717, 1.165) is 0 Å². The second kappa shape index (κ2) is 7.51. The Balaban J connectivity index is 1.57. The van der Waals surface area contributed by atoms with Gasteiger partial charge in [-0.15, -0.1) is 0 Å². The summed E-state index contributed by atoms with van der Waals surface area (Å²) in [4.78, 5) is 26.4. The Labute approximate surface area is 146 Å². The van der Waals surface area contributed by atoms with E-state index in [-0.39, 0.29) is 30.0 Å². The zero-order valence-electron chi connectivity index (χ0n) is 13.4. The van der Waals surface area contributed by atoms with Crippen molar-refractivity contribution < 1.29 is 18.6 Å². The first-order valence-corrected chi connectivity index (χ1v) is 7.64. The van der Waals surface area contributed by atoms with Gasteiger partial charge in [0.15, 0.2) is 0 Å². The van der Waals surface area contributed by atoms with Crippen molar-refractivity contribution in [3.8, 4) is 11.4 Å². The van der Waals surface area contributed by atoms with Crippen LogP contribution in [0.15, 0.2) is 53.1 Å². The van der Waals surface area contributed by atoms with Crippen molar-refractivity contribution >= 4 is 11.6 Å². The molecule has 0 aliphatic heterocycles. The molecule has 0 saturated carbocycles. The molecule has 9 heteroatoms. The van der Waals surface area contributed by atoms with Gasteiger partial charge in [-0.25, -0.2) is 4.39 Å². The number of nitrogens with one attached hydrogen (secondary N) is 1. The summed E-state index contributed by atoms with van der Waals surface area (Å²) in [5.41, 5.74) is 0.650. The summed E-state index contributed by atoms with van der Waals surface area (Å²) in [6.07, 6.45) is 0.287. The van der Waals surface area contributed by atoms with Gasteiger partial charge in [0.1, 0.15) is 5.82 Å². The van der Waals surface area contributed by atoms with Crippen LogP contribution < -0.4 is 5.32 Å². The number of nitro groups is 1. The average Bonchev–Trinajstić information content (AvgIpc) is 3.11. The largest absolute Gasteiger partial charge is 0.352 e. The summed E-state index contributed by atoms with van der Waals surface area (Å²) in [6.45, 7) is 0.215. The lowest BCUT2D eigenvalue weighted by Crippen LogP contribution is -2.25. The molecule has 2 aromatic carbocycles. The monoisotopic (exact) mass is 356 g/mol. The standard InChI is InChI=1S/C17H13FN4O4/c18-13-6-4-11(5-7-13)16-20-15(26-21-16)8-9-19-17(23)12-2-1-3-14(10-12)22(24)25/h1-7,10H,8-9H2,(H,19,23). The maximum atomic E-state index is 12.9. The van der Waals surface area contributed by atoms with Crippen molar-refractivity contribution in [2.75, 3.05) is 6.54 Å². The number of amides is 1. The van der Waals surface area contributed by atoms with Crippen LogP contribution in [0.4, 0.5) is 10.1 Å². The molecule has 0 unspecified atom stereocenters. The highest BCUT2D eigenvalue weighted by molar-refractivity contribution is 5.94. The van der Waals surface area contributed by atoms with Gasteiger partial charge in [0.2, 0.25) is 11.7 Å². The molecule has 3 aromatic rings. The van der Waals surface area contributed by atoms with E-state index in [1.807, 2.05) is 0 Å². The fourth-order valence-corrected chi connectivity index (χ4v) is 2.22. The number of benzene rings is 2. The SMILES string of the molecule is O=C(NCCc1nc(-c2ccc(F)cc2)no1)c1cccc([N+](=O)[O-])c1. The maximum absolute atomic E-state index is 12.9. The lowest BCUT2D eigenvalue weighted by molar-refractivity contribution is -0.384. The van der Waals surface area contributed by atoms with Crippen LogP contribution in [0.25, 0.3) is 11.4 Å². The number of halogens is 1. The molecule has 8 nitrogen and oxygen atoms in total. The molecular weight excluding hydrogens is 343 g/mol. The van der Waals surface area contributed by atoms with Gasteiger partial charge in [0.05, 0.1) is 4.92 Å². The third kappa shape index (κ3) is 4.07. The molecule has 1 heterocycles. The van der Waals surface area contributed by atoms with Gasteiger partial charge in [0.25, 0.3) is 11.6 Å². The highest BCUT2D eigenvalue weighted by Gasteiger charge is 2.12. The van der Waals surface area contributed by atoms with Gasteiger partial charge in [0, 0.05) is 36.2 Å². The summed E-state index contributed by atoms with van der Waals surface area (Å²) in [5.74, 6) is -0.165. The highest BCUT2D eigenvalue weighted by atomic mass is 19.1. The summed E-state index contributed by atoms with van der Waals surface area (Å²) >= 11 is 0. The fraction of sp³-hybridized carbons (Fsp3) is 0.118. The van der Waals surface area contributed by atoms with Crippen LogP contribution >= 0.6 is 0 Å². The molecule has 1 aromatic heterocycles. The number of nitrogens with zero attached hydrogens (tertiary/aromatic N) is 3. The predicted molar refractivity (Wildman–Crippen MR) is 88.8 cm³/mol. The first-order chi connectivity index (χ1) is 12.5. The van der Waals surface area contributed by atoms with E-state index in [9.17, 15) is 19.3 Å². The van der Waals surface area contributed by atoms with Crippen molar-refractivity contribution in [3.05, 3.63) is 75.9 Å². The Morgan fingerprint density at radius 2 is 2.00 bits per heavy atom. The van der Waals surface area contributed by atoms with Gasteiger partial charge in [-0.05, 0) is 30.3 Å². The number of nitro benzene ring substituents is 1. The Morgan fingerprint density at radius 1 is 1.23 bits per heavy atom. The minimum absolute atomic E-state index is 0.154. The Hall–Kier alpha value is -3.62. The highest BCUT2D eigenvalue weighted by Crippen LogP contribution is 2.16. The van der Waals surface area contributed by atoms with Crippen molar-refractivity contribution in [2.24, 2.45) is 0 Å². The van der Waals surface area contributed by atoms with E-state index in [2.05, 4.69) is 15.5 Å². The Kier molecular flexibility index (Phi) is 4.97. The van der Waals surface area contributed by atoms with Crippen LogP contribution in [0.1, 0.15) is 16.2 Å². The summed E-state index contributed by atoms with van der Waals surface area (Å²) < 4.78 is 18.0. The molecule has 26 heavy (non-hydrogen) atoms. The van der Waals surface area contributed by atoms with Crippen molar-refractivity contribution in [1.29, 1.82) is 0 Å². The lowest BCUT2D eigenvalue weighted by Gasteiger charge is -2.03. The normalized spacial score (nSPS) is 10.5. The molecule has 0 bridgehead atoms. The lowest BCUT2D eigenvalue weighted by atomic mass is 10.2. The Morgan fingerprint density at radius 3 is 2.73 bits per heavy atom. The molecule has 0 atom stereocenters. The summed E-state index contributed by atoms with van der Waals surface area (Å²) in [7, 11) is 0. The first kappa shape index (κ1) is 17.2. The van der Waals surface area contributed by atoms with E-state index in [0.29, 0.717) is 17.3 Å². The smallest absolute Gasteiger partial charge is 0.270 e. The first-order valence-electron chi connectivity index (χ1n) is 7.64. The number of rotatable bonds is 6. The molecule has 0 aliphatic rings. The molecule has 0 aliphatic carbocycles. The second-order valence-corrected chi connectivity index (χ2v) is 5.33. The van der Waals surface area contributed by atoms with E-state index in [1.165, 1.54) is 48.5 Å². The van der Waals surface area contributed by atoms with E-state index < -0.39 is 10.8 Å². The van der Waals surface area contributed by atoms with Crippen molar-refractivity contribution in [2.45, 2.75) is 6.42 Å². The quantitative estimate of drug-likeness (QED) is 0.537. The van der Waals surface area contributed by atoms with Crippen LogP contribution in [-0.4, -0.2) is 27.5 Å². The number of aromatic nitrogens is 2. The van der Waals surface area contributed by atoms with Gasteiger partial charge in [-0.1, -0.05) is 11.2 Å². The van der Waals surface area contributed by atoms with Crippen molar-refractivity contribution in [1.82, 2.24) is 15.5 Å². The van der Waals surface area contributed by atoms with E-state index in [4.69, 9.17) is 4.52 Å². The van der Waals surface area contributed by atoms with Gasteiger partial charge < -0.3 is 9.84 Å². The number of carbonyl (C=O) groups is 1. The number of hydrogen-bond acceptors (Lipinski definition) is 6. The molecule has 1 N–H and O–H groups in total. The zero-order valence-corrected chi connectivity index (χ0v) is 13.4. The fourth-order valence-electron chi connectivity index (χ4n) is 2.22. The molecule has 1 amide bonds. The molecule has 0 fully saturated rings. The van der Waals surface area contributed by atoms with Gasteiger partial charge >= 0.3 is 0 Å². The molecule has 3 rings (SSSR count). The van der Waals surface area contributed by atoms with Crippen LogP contribution in [0.2, 0.25) is 0 Å². The van der Waals surface area contributed by atoms with E-state index in [1.54, 1.807) is 0 Å². The molecule has 0 radical (unpaired) electrons. The molecular formula is C17H13FN4O4. The number of carbonyl (C=O) groups excluding carboxylic acids is 1. The van der Waals surface area contributed by atoms with Crippen LogP contribution in [0.3, 0.4) is 0 Å². The third-order valence-corrected chi connectivity index (χ3v) is 3.51. The van der Waals surface area contributed by atoms with Crippen molar-refractivity contribution in [3.63, 3.8) is 0 Å². The minimum atomic E-state index is -0.563. The summed E-state index contributed by atoms with van der Waals surface area (Å²) in [5, 5.41) is 17.2. The molecule has 0 saturated heterocycles. The van der Waals surface area contributed by atoms with Crippen LogP contribution in [0.5, 0.6) is 0 Å². The van der Waals surface area contributed by atoms with Crippen LogP contribution in [-0.2, 0) is 6.42 Å². The molecule has 132 valence electrons. The molecule has 0 spiro atoms. The van der Waals surface area contributed by atoms with Crippen LogP contribution in [0, 0.1) is 15.9 Å². The second-order valence-electron chi connectivity index (χ2n) is 5.33. The van der Waals surface area contributed by atoms with E-state index >= 15 is 0 Å². The average molecular weight is 356 g/mol. The Bertz CT molecular complexity index is 940. The zero-order chi connectivity index (χ0) is 18.5. The topological polar surface area (TPSA) is 111 Å². The predicted octanol–water partition coefficient (Wildman–Crippen LogP) is 2.76. The van der Waals surface area contributed by atoms with Gasteiger partial charge in [-0.3, -0.25) is 14.9 Å². The maximum Gasteiger partial charge on any atom is 0.270 e. The number of non-ortho nitro benzene ring substituents is 1. The van der Waals surface area contributed by atoms with Gasteiger partial charge in [-0.2, -0.15) is 4.98 Å². The third-order valence-electron chi connectivity index (χ3n) is 3.51.